The molecule has 0 saturated carbocycles. The Bertz CT molecular complexity index is 906. The van der Waals surface area contributed by atoms with Gasteiger partial charge in [0.2, 0.25) is 0 Å². The number of thiophene rings is 1. The molecule has 0 radical (unpaired) electrons. The van der Waals surface area contributed by atoms with E-state index in [-0.39, 0.29) is 5.91 Å². The minimum atomic E-state index is 0.0763. The van der Waals surface area contributed by atoms with Gasteiger partial charge >= 0.3 is 0 Å². The van der Waals surface area contributed by atoms with Crippen molar-refractivity contribution in [3.05, 3.63) is 52.2 Å². The van der Waals surface area contributed by atoms with Crippen molar-refractivity contribution in [1.82, 2.24) is 24.2 Å². The highest BCUT2D eigenvalue weighted by Crippen LogP contribution is 2.32. The Labute approximate surface area is 144 Å². The molecule has 0 N–H and O–H groups in total. The zero-order chi connectivity index (χ0) is 16.8. The largest absolute Gasteiger partial charge is 0.329 e. The first-order valence-corrected chi connectivity index (χ1v) is 8.79. The summed E-state index contributed by atoms with van der Waals surface area (Å²) in [6.07, 6.45) is 3.97. The lowest BCUT2D eigenvalue weighted by Gasteiger charge is -2.28. The summed E-state index contributed by atoms with van der Waals surface area (Å²) in [5, 5.41) is 9.31. The summed E-state index contributed by atoms with van der Waals surface area (Å²) in [6, 6.07) is 3.95. The average Bonchev–Trinajstić information content (AvgIpc) is 3.29. The summed E-state index contributed by atoms with van der Waals surface area (Å²) in [7, 11) is 0. The molecule has 24 heavy (non-hydrogen) atoms. The van der Waals surface area contributed by atoms with Gasteiger partial charge in [0, 0.05) is 30.4 Å². The third kappa shape index (κ3) is 2.27. The first-order chi connectivity index (χ1) is 11.6. The van der Waals surface area contributed by atoms with Gasteiger partial charge in [-0.25, -0.2) is 0 Å². The number of hydrogen-bond acceptors (Lipinski definition) is 4. The summed E-state index contributed by atoms with van der Waals surface area (Å²) in [4.78, 5) is 16.3. The molecule has 4 heterocycles. The van der Waals surface area contributed by atoms with Gasteiger partial charge in [0.05, 0.1) is 12.1 Å². The smallest absolute Gasteiger partial charge is 0.257 e. The quantitative estimate of drug-likeness (QED) is 0.720. The number of hydrogen-bond donors (Lipinski definition) is 0. The maximum atomic E-state index is 13.2. The van der Waals surface area contributed by atoms with Crippen molar-refractivity contribution in [1.29, 1.82) is 0 Å². The normalized spacial score (nSPS) is 14.0. The molecular weight excluding hydrogens is 322 g/mol. The molecule has 0 spiro atoms. The van der Waals surface area contributed by atoms with E-state index in [9.17, 15) is 4.79 Å². The number of carbonyl (C=O) groups is 1. The molecule has 0 aromatic carbocycles. The minimum absolute atomic E-state index is 0.0763. The molecule has 0 aliphatic carbocycles. The fourth-order valence-corrected chi connectivity index (χ4v) is 4.26. The molecule has 1 amide bonds. The van der Waals surface area contributed by atoms with E-state index in [0.717, 1.165) is 34.3 Å². The highest BCUT2D eigenvalue weighted by atomic mass is 32.1. The second kappa shape index (κ2) is 5.59. The Kier molecular flexibility index (Phi) is 3.53. The zero-order valence-corrected chi connectivity index (χ0v) is 14.8. The monoisotopic (exact) mass is 341 g/mol. The lowest BCUT2D eigenvalue weighted by molar-refractivity contribution is 0.0706. The van der Waals surface area contributed by atoms with Crippen molar-refractivity contribution < 1.29 is 4.79 Å². The summed E-state index contributed by atoms with van der Waals surface area (Å²) in [6.45, 7) is 8.00. The maximum absolute atomic E-state index is 13.2. The van der Waals surface area contributed by atoms with E-state index in [2.05, 4.69) is 21.7 Å². The Morgan fingerprint density at radius 1 is 1.12 bits per heavy atom. The van der Waals surface area contributed by atoms with Gasteiger partial charge in [-0.05, 0) is 38.5 Å². The predicted molar refractivity (Wildman–Crippen MR) is 92.6 cm³/mol. The Morgan fingerprint density at radius 3 is 2.62 bits per heavy atom. The molecule has 1 aliphatic rings. The van der Waals surface area contributed by atoms with Crippen LogP contribution in [0.15, 0.2) is 24.5 Å². The molecule has 3 aromatic heterocycles. The van der Waals surface area contributed by atoms with Crippen molar-refractivity contribution >= 4 is 17.2 Å². The second-order valence-electron chi connectivity index (χ2n) is 6.10. The van der Waals surface area contributed by atoms with Gasteiger partial charge in [-0.15, -0.1) is 21.5 Å². The molecule has 0 atom stereocenters. The summed E-state index contributed by atoms with van der Waals surface area (Å²) >= 11 is 1.66. The Morgan fingerprint density at radius 2 is 1.88 bits per heavy atom. The van der Waals surface area contributed by atoms with Crippen LogP contribution in [0.25, 0.3) is 5.00 Å². The predicted octanol–water partition coefficient (Wildman–Crippen LogP) is 2.71. The first-order valence-electron chi connectivity index (χ1n) is 7.97. The van der Waals surface area contributed by atoms with Crippen LogP contribution in [0.4, 0.5) is 0 Å². The zero-order valence-electron chi connectivity index (χ0n) is 14.0. The van der Waals surface area contributed by atoms with Gasteiger partial charge < -0.3 is 14.0 Å². The van der Waals surface area contributed by atoms with E-state index in [1.165, 1.54) is 4.88 Å². The van der Waals surface area contributed by atoms with Gasteiger partial charge in [-0.1, -0.05) is 0 Å². The van der Waals surface area contributed by atoms with Crippen LogP contribution in [0.1, 0.15) is 32.4 Å². The topological polar surface area (TPSA) is 56.0 Å². The lowest BCUT2D eigenvalue weighted by atomic mass is 10.1. The number of amides is 1. The number of aromatic nitrogens is 4. The molecule has 0 bridgehead atoms. The van der Waals surface area contributed by atoms with Crippen LogP contribution >= 0.6 is 11.3 Å². The fraction of sp³-hybridized carbons (Fsp3) is 0.353. The molecule has 0 unspecified atom stereocenters. The van der Waals surface area contributed by atoms with Crippen molar-refractivity contribution in [2.45, 2.75) is 33.9 Å². The van der Waals surface area contributed by atoms with E-state index >= 15 is 0 Å². The molecule has 4 rings (SSSR count). The van der Waals surface area contributed by atoms with E-state index < -0.39 is 0 Å². The molecule has 3 aromatic rings. The SMILES string of the molecule is Cc1sc(-n2cccc2)c(C(=O)N2CCn3c(C)nnc3C2)c1C. The number of fused-ring (bicyclic) bond motifs is 1. The van der Waals surface area contributed by atoms with Crippen LogP contribution in [0, 0.1) is 20.8 Å². The summed E-state index contributed by atoms with van der Waals surface area (Å²) in [5.74, 6) is 1.85. The molecule has 1 aliphatic heterocycles. The Balaban J connectivity index is 1.71. The van der Waals surface area contributed by atoms with Gasteiger partial charge in [0.25, 0.3) is 5.91 Å². The van der Waals surface area contributed by atoms with E-state index in [4.69, 9.17) is 0 Å². The average molecular weight is 341 g/mol. The first kappa shape index (κ1) is 15.1. The van der Waals surface area contributed by atoms with Crippen LogP contribution in [0.5, 0.6) is 0 Å². The van der Waals surface area contributed by atoms with Crippen molar-refractivity contribution in [3.63, 3.8) is 0 Å². The second-order valence-corrected chi connectivity index (χ2v) is 7.30. The van der Waals surface area contributed by atoms with E-state index in [1.54, 1.807) is 11.3 Å². The highest BCUT2D eigenvalue weighted by Gasteiger charge is 2.28. The molecule has 0 saturated heterocycles. The summed E-state index contributed by atoms with van der Waals surface area (Å²) < 4.78 is 4.11. The van der Waals surface area contributed by atoms with Crippen LogP contribution in [0.2, 0.25) is 0 Å². The third-order valence-electron chi connectivity index (χ3n) is 4.64. The number of carbonyl (C=O) groups excluding carboxylic acids is 1. The van der Waals surface area contributed by atoms with Crippen LogP contribution < -0.4 is 0 Å². The van der Waals surface area contributed by atoms with Gasteiger partial charge in [-0.2, -0.15) is 0 Å². The van der Waals surface area contributed by atoms with Gasteiger partial charge in [0.15, 0.2) is 5.82 Å². The fourth-order valence-electron chi connectivity index (χ4n) is 3.15. The number of rotatable bonds is 2. The molecule has 124 valence electrons. The van der Waals surface area contributed by atoms with Gasteiger partial charge in [-0.3, -0.25) is 4.79 Å². The molecular formula is C17H19N5OS. The minimum Gasteiger partial charge on any atom is -0.329 e. The van der Waals surface area contributed by atoms with Crippen LogP contribution in [-0.4, -0.2) is 36.7 Å². The van der Waals surface area contributed by atoms with Crippen molar-refractivity contribution in [3.8, 4) is 5.00 Å². The maximum Gasteiger partial charge on any atom is 0.257 e. The van der Waals surface area contributed by atoms with Crippen LogP contribution in [0.3, 0.4) is 0 Å². The standard InChI is InChI=1S/C17H19N5OS/c1-11-12(2)24-17(20-6-4-5-7-20)15(11)16(23)21-8-9-22-13(3)18-19-14(22)10-21/h4-7H,8-10H2,1-3H3. The Hall–Kier alpha value is -2.41. The van der Waals surface area contributed by atoms with E-state index in [0.29, 0.717) is 13.1 Å². The van der Waals surface area contributed by atoms with E-state index in [1.807, 2.05) is 47.8 Å². The highest BCUT2D eigenvalue weighted by molar-refractivity contribution is 7.15. The number of aryl methyl sites for hydroxylation is 2. The number of nitrogens with zero attached hydrogens (tertiary/aromatic N) is 5. The van der Waals surface area contributed by atoms with Crippen molar-refractivity contribution in [2.24, 2.45) is 0 Å². The molecule has 0 fully saturated rings. The van der Waals surface area contributed by atoms with Crippen LogP contribution in [-0.2, 0) is 13.1 Å². The summed E-state index contributed by atoms with van der Waals surface area (Å²) in [5.41, 5.74) is 1.87. The third-order valence-corrected chi connectivity index (χ3v) is 5.87. The molecule has 7 heteroatoms. The lowest BCUT2D eigenvalue weighted by Crippen LogP contribution is -2.39. The van der Waals surface area contributed by atoms with Crippen molar-refractivity contribution in [2.75, 3.05) is 6.54 Å². The van der Waals surface area contributed by atoms with Gasteiger partial charge in [0.1, 0.15) is 10.8 Å². The molecule has 6 nitrogen and oxygen atoms in total.